The molecular formula is C26H39CaN5O11. The van der Waals surface area contributed by atoms with Crippen molar-refractivity contribution in [2.75, 3.05) is 19.8 Å². The average molecular weight is 638 g/mol. The predicted molar refractivity (Wildman–Crippen MR) is 156 cm³/mol. The number of aliphatic hydroxyl groups excluding tert-OH is 6. The van der Waals surface area contributed by atoms with E-state index in [2.05, 4.69) is 20.3 Å². The van der Waals surface area contributed by atoms with Crippen LogP contribution in [-0.4, -0.2) is 149 Å². The van der Waals surface area contributed by atoms with Crippen LogP contribution in [0.3, 0.4) is 0 Å². The number of hydrogen-bond donors (Lipinski definition) is 9. The van der Waals surface area contributed by atoms with Crippen molar-refractivity contribution in [3.8, 4) is 11.5 Å². The van der Waals surface area contributed by atoms with E-state index in [9.17, 15) is 39.6 Å². The maximum atomic E-state index is 12.2. The summed E-state index contributed by atoms with van der Waals surface area (Å²) in [7, 11) is 0. The molecule has 0 bridgehead atoms. The Balaban J connectivity index is 0.000000497. The molecular weight excluding hydrogens is 598 g/mol. The van der Waals surface area contributed by atoms with Crippen LogP contribution >= 0.6 is 0 Å². The number of H-pyrrole nitrogens is 1. The molecule has 3 rings (SSSR count). The number of carbonyl (C=O) groups is 2. The van der Waals surface area contributed by atoms with Gasteiger partial charge in [-0.3, -0.25) is 19.4 Å². The van der Waals surface area contributed by atoms with E-state index in [-0.39, 0.29) is 75.4 Å². The number of carboxylic acid groups (broad SMARTS) is 1. The molecule has 1 aromatic carbocycles. The van der Waals surface area contributed by atoms with Crippen molar-refractivity contribution in [1.29, 1.82) is 0 Å². The molecule has 16 nitrogen and oxygen atoms in total. The summed E-state index contributed by atoms with van der Waals surface area (Å²) >= 11 is 0. The zero-order chi connectivity index (χ0) is 31.9. The van der Waals surface area contributed by atoms with E-state index in [1.807, 2.05) is 13.8 Å². The standard InChI is InChI=1S/C17H20N4O6.C9H17NO5.Ca.2H/c1-7-3-9-10(4-8(7)2)21(5-11(23)14(25)12(24)6-22)15-13(18-9)16(26)20-17(27)19-15;1-9(2,5-11)7(14)8(15)10-4-3-6(12)13;;;/h3-4,11-12,14,22-25H,5-6H2,1-2H3,(H,20,26,27);7,11,14H,3-5H2,1-2H3,(H,10,15)(H,12,13);;;/t11-,12+,14-;7-;;;/m00.../s1. The van der Waals surface area contributed by atoms with Gasteiger partial charge >= 0.3 is 49.4 Å². The van der Waals surface area contributed by atoms with Crippen molar-refractivity contribution < 1.29 is 45.3 Å². The number of nitrogens with one attached hydrogen (secondary N) is 2. The maximum absolute atomic E-state index is 12.2. The van der Waals surface area contributed by atoms with Crippen LogP contribution in [-0.2, 0) is 16.1 Å². The van der Waals surface area contributed by atoms with E-state index >= 15 is 0 Å². The van der Waals surface area contributed by atoms with E-state index in [1.165, 1.54) is 18.4 Å². The minimum absolute atomic E-state index is 0. The molecule has 17 heteroatoms. The molecule has 0 spiro atoms. The van der Waals surface area contributed by atoms with Gasteiger partial charge < -0.3 is 45.6 Å². The van der Waals surface area contributed by atoms with Gasteiger partial charge in [0.2, 0.25) is 5.91 Å². The molecule has 43 heavy (non-hydrogen) atoms. The Labute approximate surface area is 275 Å². The fourth-order valence-corrected chi connectivity index (χ4v) is 3.72. The van der Waals surface area contributed by atoms with Gasteiger partial charge in [-0.2, -0.15) is 4.98 Å². The first kappa shape index (κ1) is 38.5. The number of nitrogens with zero attached hydrogens (tertiary/aromatic N) is 3. The molecule has 0 unspecified atom stereocenters. The quantitative estimate of drug-likeness (QED) is 0.0725. The monoisotopic (exact) mass is 637 g/mol. The van der Waals surface area contributed by atoms with Gasteiger partial charge in [0.25, 0.3) is 5.56 Å². The topological polar surface area (TPSA) is 268 Å². The number of hydrogen-bond acceptors (Lipinski definition) is 12. The van der Waals surface area contributed by atoms with Gasteiger partial charge in [-0.25, -0.2) is 9.78 Å². The first-order valence-corrected chi connectivity index (χ1v) is 12.9. The van der Waals surface area contributed by atoms with E-state index in [4.69, 9.17) is 15.3 Å². The number of carbonyl (C=O) groups excluding carboxylic acids is 1. The zero-order valence-corrected chi connectivity index (χ0v) is 23.6. The third kappa shape index (κ3) is 9.99. The van der Waals surface area contributed by atoms with E-state index in [1.54, 1.807) is 12.1 Å². The Kier molecular flexibility index (Phi) is 14.8. The van der Waals surface area contributed by atoms with Crippen molar-refractivity contribution >= 4 is 60.6 Å². The number of benzene rings is 1. The van der Waals surface area contributed by atoms with E-state index < -0.39 is 59.6 Å². The molecule has 0 aliphatic carbocycles. The number of aromatic nitrogens is 4. The van der Waals surface area contributed by atoms with Crippen LogP contribution in [0.4, 0.5) is 0 Å². The second kappa shape index (κ2) is 16.5. The van der Waals surface area contributed by atoms with Crippen LogP contribution < -0.4 is 16.6 Å². The first-order chi connectivity index (χ1) is 19.5. The number of rotatable bonds is 11. The first-order valence-electron chi connectivity index (χ1n) is 12.9. The van der Waals surface area contributed by atoms with Gasteiger partial charge in [-0.1, -0.05) is 13.8 Å². The number of carboxylic acids is 1. The Morgan fingerprint density at radius 1 is 1.02 bits per heavy atom. The summed E-state index contributed by atoms with van der Waals surface area (Å²) < 4.78 is 1.40. The number of amides is 1. The molecule has 1 amide bonds. The molecule has 2 aliphatic rings. The van der Waals surface area contributed by atoms with Crippen LogP contribution in [0.2, 0.25) is 0 Å². The van der Waals surface area contributed by atoms with Crippen molar-refractivity contribution in [1.82, 2.24) is 24.8 Å². The molecule has 9 N–H and O–H groups in total. The molecule has 4 atom stereocenters. The average Bonchev–Trinajstić information content (AvgIpc) is 2.93. The fraction of sp³-hybridized carbons (Fsp3) is 0.538. The van der Waals surface area contributed by atoms with Crippen LogP contribution in [0.1, 0.15) is 31.4 Å². The van der Waals surface area contributed by atoms with E-state index in [0.717, 1.165) is 11.1 Å². The third-order valence-electron chi connectivity index (χ3n) is 6.60. The van der Waals surface area contributed by atoms with Gasteiger partial charge in [0.1, 0.15) is 24.4 Å². The fourth-order valence-electron chi connectivity index (χ4n) is 3.72. The van der Waals surface area contributed by atoms with Crippen molar-refractivity contribution in [3.63, 3.8) is 0 Å². The summed E-state index contributed by atoms with van der Waals surface area (Å²) in [6, 6.07) is 3.53. The third-order valence-corrected chi connectivity index (χ3v) is 6.60. The van der Waals surface area contributed by atoms with E-state index in [0.29, 0.717) is 11.0 Å². The molecule has 236 valence electrons. The number of fused-ring (bicyclic) bond motifs is 2. The van der Waals surface area contributed by atoms with Gasteiger partial charge in [0.15, 0.2) is 11.5 Å². The Morgan fingerprint density at radius 3 is 2.19 bits per heavy atom. The summed E-state index contributed by atoms with van der Waals surface area (Å²) in [5, 5.41) is 67.8. The summed E-state index contributed by atoms with van der Waals surface area (Å²) in [4.78, 5) is 55.4. The number of aryl methyl sites for hydroxylation is 2. The Morgan fingerprint density at radius 2 is 1.63 bits per heavy atom. The van der Waals surface area contributed by atoms with Gasteiger partial charge in [0, 0.05) is 12.0 Å². The van der Waals surface area contributed by atoms with Gasteiger partial charge in [0.05, 0.1) is 37.2 Å². The number of aliphatic carboxylic acids is 1. The predicted octanol–water partition coefficient (Wildman–Crippen LogP) is -3.68. The molecule has 0 aromatic heterocycles. The molecule has 2 heterocycles. The summed E-state index contributed by atoms with van der Waals surface area (Å²) in [5.41, 5.74) is 0.175. The SMILES string of the molecule is CC(C)(CO)[C@@H](O)C(=O)NCCC(=O)O.Cc1cc2nc3c(=O)[nH]c(=O)nc-3n(C[C@H](O)[C@H](O)[C@H](O)CO)c2cc1C.[CaH2]. The molecule has 0 fully saturated rings. The second-order valence-electron chi connectivity index (χ2n) is 10.5. The van der Waals surface area contributed by atoms with Gasteiger partial charge in [-0.05, 0) is 37.1 Å². The van der Waals surface area contributed by atoms with Crippen molar-refractivity contribution in [3.05, 3.63) is 44.1 Å². The van der Waals surface area contributed by atoms with Gasteiger partial charge in [-0.15, -0.1) is 0 Å². The molecule has 0 saturated heterocycles. The summed E-state index contributed by atoms with van der Waals surface area (Å²) in [5.74, 6) is -1.74. The van der Waals surface area contributed by atoms with Crippen LogP contribution in [0.25, 0.3) is 22.6 Å². The van der Waals surface area contributed by atoms with Crippen molar-refractivity contribution in [2.45, 2.75) is 65.1 Å². The zero-order valence-electron chi connectivity index (χ0n) is 23.6. The summed E-state index contributed by atoms with van der Waals surface area (Å²) in [6.45, 7) is 5.43. The Hall–Kier alpha value is -2.54. The number of aliphatic hydroxyl groups is 6. The summed E-state index contributed by atoms with van der Waals surface area (Å²) in [6.07, 6.45) is -6.23. The van der Waals surface area contributed by atoms with Crippen LogP contribution in [0.5, 0.6) is 0 Å². The second-order valence-corrected chi connectivity index (χ2v) is 10.5. The van der Waals surface area contributed by atoms with Crippen molar-refractivity contribution in [2.24, 2.45) is 5.41 Å². The number of aromatic amines is 1. The molecule has 1 aromatic rings. The van der Waals surface area contributed by atoms with Crippen LogP contribution in [0, 0.1) is 19.3 Å². The Bertz CT molecular complexity index is 1490. The molecule has 0 radical (unpaired) electrons. The molecule has 2 aliphatic heterocycles. The molecule has 0 saturated carbocycles. The van der Waals surface area contributed by atoms with Crippen LogP contribution in [0.15, 0.2) is 21.7 Å². The minimum atomic E-state index is -1.64. The normalized spacial score (nSPS) is 14.2.